The highest BCUT2D eigenvalue weighted by atomic mass is 19.1. The zero-order valence-corrected chi connectivity index (χ0v) is 15.3. The van der Waals surface area contributed by atoms with E-state index in [1.807, 2.05) is 0 Å². The van der Waals surface area contributed by atoms with Crippen LogP contribution < -0.4 is 14.8 Å². The Balaban J connectivity index is 2.51. The molecule has 0 aromatic heterocycles. The third kappa shape index (κ3) is 3.93. The van der Waals surface area contributed by atoms with E-state index in [4.69, 9.17) is 9.47 Å². The number of rotatable bonds is 5. The summed E-state index contributed by atoms with van der Waals surface area (Å²) in [5.74, 6) is -0.966. The van der Waals surface area contributed by atoms with Gasteiger partial charge in [-0.3, -0.25) is 9.59 Å². The van der Waals surface area contributed by atoms with Gasteiger partial charge in [0.25, 0.3) is 11.8 Å². The highest BCUT2D eigenvalue weighted by molar-refractivity contribution is 6.09. The zero-order chi connectivity index (χ0) is 19.4. The van der Waals surface area contributed by atoms with E-state index in [0.717, 1.165) is 5.56 Å². The normalized spacial score (nSPS) is 10.2. The quantitative estimate of drug-likeness (QED) is 0.890. The van der Waals surface area contributed by atoms with Crippen molar-refractivity contribution in [1.82, 2.24) is 4.90 Å². The van der Waals surface area contributed by atoms with E-state index in [-0.39, 0.29) is 22.7 Å². The largest absolute Gasteiger partial charge is 0.493 e. The van der Waals surface area contributed by atoms with Crippen LogP contribution in [0.5, 0.6) is 11.5 Å². The van der Waals surface area contributed by atoms with E-state index in [1.165, 1.54) is 43.4 Å². The number of carbonyl (C=O) groups is 2. The molecule has 2 rings (SSSR count). The maximum Gasteiger partial charge on any atom is 0.258 e. The fourth-order valence-corrected chi connectivity index (χ4v) is 2.40. The average Bonchev–Trinajstić information content (AvgIpc) is 2.62. The van der Waals surface area contributed by atoms with Gasteiger partial charge in [-0.25, -0.2) is 4.39 Å². The van der Waals surface area contributed by atoms with Crippen molar-refractivity contribution in [3.8, 4) is 11.5 Å². The molecule has 0 bridgehead atoms. The molecule has 0 heterocycles. The van der Waals surface area contributed by atoms with E-state index in [0.29, 0.717) is 11.5 Å². The van der Waals surface area contributed by atoms with Gasteiger partial charge >= 0.3 is 0 Å². The van der Waals surface area contributed by atoms with Crippen LogP contribution in [0.15, 0.2) is 30.3 Å². The van der Waals surface area contributed by atoms with Crippen LogP contribution in [0.2, 0.25) is 0 Å². The van der Waals surface area contributed by atoms with Gasteiger partial charge < -0.3 is 19.7 Å². The smallest absolute Gasteiger partial charge is 0.258 e. The van der Waals surface area contributed by atoms with Gasteiger partial charge in [-0.2, -0.15) is 0 Å². The van der Waals surface area contributed by atoms with Crippen LogP contribution in [0.25, 0.3) is 0 Å². The molecule has 1 N–H and O–H groups in total. The average molecular weight is 360 g/mol. The van der Waals surface area contributed by atoms with Crippen molar-refractivity contribution in [3.63, 3.8) is 0 Å². The minimum Gasteiger partial charge on any atom is -0.493 e. The Bertz CT molecular complexity index is 850. The first-order valence-corrected chi connectivity index (χ1v) is 7.83. The SMILES string of the molecule is COc1cc(NC(=O)c2cc(C)ccc2F)c(C(=O)N(C)C)cc1OC. The number of ether oxygens (including phenoxy) is 2. The Morgan fingerprint density at radius 1 is 1.00 bits per heavy atom. The molecule has 0 saturated heterocycles. The van der Waals surface area contributed by atoms with Crippen molar-refractivity contribution in [2.24, 2.45) is 0 Å². The third-order valence-electron chi connectivity index (χ3n) is 3.77. The topological polar surface area (TPSA) is 67.9 Å². The van der Waals surface area contributed by atoms with Crippen molar-refractivity contribution in [2.75, 3.05) is 33.6 Å². The second-order valence-corrected chi connectivity index (χ2v) is 5.89. The summed E-state index contributed by atoms with van der Waals surface area (Å²) in [5.41, 5.74) is 1.04. The maximum absolute atomic E-state index is 14.0. The van der Waals surface area contributed by atoms with Crippen LogP contribution in [-0.4, -0.2) is 45.0 Å². The fraction of sp³-hybridized carbons (Fsp3) is 0.263. The van der Waals surface area contributed by atoms with Crippen LogP contribution in [-0.2, 0) is 0 Å². The summed E-state index contributed by atoms with van der Waals surface area (Å²) in [4.78, 5) is 26.4. The lowest BCUT2D eigenvalue weighted by Gasteiger charge is -2.18. The predicted molar refractivity (Wildman–Crippen MR) is 96.7 cm³/mol. The number of hydrogen-bond acceptors (Lipinski definition) is 4. The van der Waals surface area contributed by atoms with Gasteiger partial charge in [0.05, 0.1) is 31.0 Å². The second kappa shape index (κ2) is 7.86. The zero-order valence-electron chi connectivity index (χ0n) is 15.3. The number of nitrogens with one attached hydrogen (secondary N) is 1. The second-order valence-electron chi connectivity index (χ2n) is 5.89. The third-order valence-corrected chi connectivity index (χ3v) is 3.77. The van der Waals surface area contributed by atoms with Gasteiger partial charge in [0.2, 0.25) is 0 Å². The minimum atomic E-state index is -0.661. The van der Waals surface area contributed by atoms with Crippen LogP contribution in [0.4, 0.5) is 10.1 Å². The summed E-state index contributed by atoms with van der Waals surface area (Å²) in [6, 6.07) is 7.19. The molecule has 138 valence electrons. The van der Waals surface area contributed by atoms with Crippen molar-refractivity contribution in [2.45, 2.75) is 6.92 Å². The first-order chi connectivity index (χ1) is 12.3. The summed E-state index contributed by atoms with van der Waals surface area (Å²) in [7, 11) is 6.06. The van der Waals surface area contributed by atoms with Gasteiger partial charge in [-0.1, -0.05) is 11.6 Å². The number of halogens is 1. The van der Waals surface area contributed by atoms with E-state index < -0.39 is 11.7 Å². The summed E-state index contributed by atoms with van der Waals surface area (Å²) < 4.78 is 24.4. The Kier molecular flexibility index (Phi) is 5.82. The standard InChI is InChI=1S/C19H21FN2O4/c1-11-6-7-14(20)12(8-11)18(23)21-15-10-17(26-5)16(25-4)9-13(15)19(24)22(2)3/h6-10H,1-5H3,(H,21,23). The number of anilines is 1. The van der Waals surface area contributed by atoms with Crippen molar-refractivity contribution in [1.29, 1.82) is 0 Å². The molecule has 6 nitrogen and oxygen atoms in total. The van der Waals surface area contributed by atoms with Crippen LogP contribution in [0.3, 0.4) is 0 Å². The lowest BCUT2D eigenvalue weighted by atomic mass is 10.1. The highest BCUT2D eigenvalue weighted by Gasteiger charge is 2.21. The van der Waals surface area contributed by atoms with Crippen LogP contribution in [0, 0.1) is 12.7 Å². The molecule has 0 unspecified atom stereocenters. The van der Waals surface area contributed by atoms with Crippen LogP contribution >= 0.6 is 0 Å². The molecule has 2 aromatic carbocycles. The van der Waals surface area contributed by atoms with Crippen molar-refractivity contribution >= 4 is 17.5 Å². The molecule has 0 spiro atoms. The molecule has 7 heteroatoms. The van der Waals surface area contributed by atoms with Crippen LogP contribution in [0.1, 0.15) is 26.3 Å². The van der Waals surface area contributed by atoms with Gasteiger partial charge in [-0.05, 0) is 25.1 Å². The molecule has 0 atom stereocenters. The molecule has 2 aromatic rings. The molecular weight excluding hydrogens is 339 g/mol. The Labute approximate surface area is 151 Å². The summed E-state index contributed by atoms with van der Waals surface area (Å²) >= 11 is 0. The summed E-state index contributed by atoms with van der Waals surface area (Å²) in [6.07, 6.45) is 0. The first kappa shape index (κ1) is 19.2. The molecular formula is C19H21FN2O4. The Morgan fingerprint density at radius 3 is 2.19 bits per heavy atom. The van der Waals surface area contributed by atoms with E-state index in [9.17, 15) is 14.0 Å². The molecule has 26 heavy (non-hydrogen) atoms. The monoisotopic (exact) mass is 360 g/mol. The van der Waals surface area contributed by atoms with Gasteiger partial charge in [0.1, 0.15) is 5.82 Å². The molecule has 0 aliphatic rings. The van der Waals surface area contributed by atoms with Crippen molar-refractivity contribution < 1.29 is 23.5 Å². The van der Waals surface area contributed by atoms with E-state index in [1.54, 1.807) is 27.1 Å². The number of methoxy groups -OCH3 is 2. The van der Waals surface area contributed by atoms with E-state index >= 15 is 0 Å². The molecule has 0 aliphatic heterocycles. The number of hydrogen-bond donors (Lipinski definition) is 1. The number of nitrogens with zero attached hydrogens (tertiary/aromatic N) is 1. The lowest BCUT2D eigenvalue weighted by Crippen LogP contribution is -2.24. The van der Waals surface area contributed by atoms with Gasteiger partial charge in [0.15, 0.2) is 11.5 Å². The molecule has 0 radical (unpaired) electrons. The predicted octanol–water partition coefficient (Wildman–Crippen LogP) is 3.11. The number of carbonyl (C=O) groups excluding carboxylic acids is 2. The van der Waals surface area contributed by atoms with Gasteiger partial charge in [0, 0.05) is 20.2 Å². The maximum atomic E-state index is 14.0. The van der Waals surface area contributed by atoms with E-state index in [2.05, 4.69) is 5.32 Å². The number of amides is 2. The summed E-state index contributed by atoms with van der Waals surface area (Å²) in [5, 5.41) is 2.59. The Hall–Kier alpha value is -3.09. The number of benzene rings is 2. The van der Waals surface area contributed by atoms with Crippen molar-refractivity contribution in [3.05, 3.63) is 52.8 Å². The lowest BCUT2D eigenvalue weighted by molar-refractivity contribution is 0.0828. The fourth-order valence-electron chi connectivity index (χ4n) is 2.40. The minimum absolute atomic E-state index is 0.108. The van der Waals surface area contributed by atoms with Gasteiger partial charge in [-0.15, -0.1) is 0 Å². The highest BCUT2D eigenvalue weighted by Crippen LogP contribution is 2.34. The summed E-state index contributed by atoms with van der Waals surface area (Å²) in [6.45, 7) is 1.76. The molecule has 2 amide bonds. The molecule has 0 saturated carbocycles. The number of aryl methyl sites for hydroxylation is 1. The first-order valence-electron chi connectivity index (χ1n) is 7.83. The molecule has 0 aliphatic carbocycles. The molecule has 0 fully saturated rings. The Morgan fingerprint density at radius 2 is 1.62 bits per heavy atom.